The van der Waals surface area contributed by atoms with Crippen molar-refractivity contribution >= 4 is 57.3 Å². The second-order valence-electron chi connectivity index (χ2n) is 5.60. The molecule has 0 spiro atoms. The monoisotopic (exact) mass is 458 g/mol. The molecule has 7 nitrogen and oxygen atoms in total. The number of hydrogen-bond acceptors (Lipinski definition) is 8. The summed E-state index contributed by atoms with van der Waals surface area (Å²) < 4.78 is 11.1. The Labute approximate surface area is 179 Å². The van der Waals surface area contributed by atoms with Gasteiger partial charge in [-0.2, -0.15) is 0 Å². The van der Waals surface area contributed by atoms with E-state index in [0.717, 1.165) is 4.88 Å². The van der Waals surface area contributed by atoms with Crippen molar-refractivity contribution in [3.05, 3.63) is 45.2 Å². The van der Waals surface area contributed by atoms with Crippen LogP contribution in [-0.4, -0.2) is 33.4 Å². The Morgan fingerprint density at radius 2 is 2.21 bits per heavy atom. The first-order chi connectivity index (χ1) is 13.5. The topological polar surface area (TPSA) is 90.1 Å². The molecule has 0 aliphatic heterocycles. The molecule has 0 saturated carbocycles. The average Bonchev–Trinajstić information content (AvgIpc) is 3.27. The third-order valence-corrected chi connectivity index (χ3v) is 5.51. The summed E-state index contributed by atoms with van der Waals surface area (Å²) in [5.74, 6) is 1.06. The average molecular weight is 459 g/mol. The van der Waals surface area contributed by atoms with E-state index in [0.29, 0.717) is 51.5 Å². The minimum atomic E-state index is -0.174. The third-order valence-electron chi connectivity index (χ3n) is 3.33. The number of carbonyl (C=O) groups excluding carboxylic acids is 1. The second-order valence-corrected chi connectivity index (χ2v) is 8.61. The van der Waals surface area contributed by atoms with Crippen molar-refractivity contribution in [3.8, 4) is 5.75 Å². The number of rotatable bonds is 9. The van der Waals surface area contributed by atoms with Crippen LogP contribution in [0.3, 0.4) is 0 Å². The number of aromatic nitrogens is 3. The van der Waals surface area contributed by atoms with Gasteiger partial charge in [0.25, 0.3) is 5.22 Å². The first-order valence-corrected chi connectivity index (χ1v) is 10.8. The summed E-state index contributed by atoms with van der Waals surface area (Å²) in [6, 6.07) is 5.08. The first-order valence-electron chi connectivity index (χ1n) is 8.25. The largest absolute Gasteiger partial charge is 0.492 e. The molecular weight excluding hydrogens is 443 g/mol. The fourth-order valence-corrected chi connectivity index (χ4v) is 3.81. The van der Waals surface area contributed by atoms with Crippen molar-refractivity contribution in [3.63, 3.8) is 0 Å². The van der Waals surface area contributed by atoms with Crippen molar-refractivity contribution in [1.82, 2.24) is 15.2 Å². The van der Waals surface area contributed by atoms with E-state index < -0.39 is 0 Å². The molecule has 2 heterocycles. The molecule has 1 N–H and O–H groups in total. The molecule has 0 aliphatic carbocycles. The summed E-state index contributed by atoms with van der Waals surface area (Å²) in [6.07, 6.45) is 2.95. The van der Waals surface area contributed by atoms with Gasteiger partial charge in [0, 0.05) is 22.5 Å². The van der Waals surface area contributed by atoms with Crippen LogP contribution in [0.4, 0.5) is 5.13 Å². The van der Waals surface area contributed by atoms with Gasteiger partial charge in [0.1, 0.15) is 5.75 Å². The quantitative estimate of drug-likeness (QED) is 0.360. The summed E-state index contributed by atoms with van der Waals surface area (Å²) in [5, 5.41) is 12.6. The zero-order valence-corrected chi connectivity index (χ0v) is 17.9. The van der Waals surface area contributed by atoms with Crippen LogP contribution >= 0.6 is 46.3 Å². The lowest BCUT2D eigenvalue weighted by Crippen LogP contribution is -2.13. The molecule has 0 bridgehead atoms. The molecule has 11 heteroatoms. The molecular formula is C17H16Cl2N4O3S2. The molecule has 1 aromatic carbocycles. The van der Waals surface area contributed by atoms with Crippen molar-refractivity contribution in [2.45, 2.75) is 25.0 Å². The Bertz CT molecular complexity index is 948. The highest BCUT2D eigenvalue weighted by Crippen LogP contribution is 2.27. The van der Waals surface area contributed by atoms with Crippen molar-refractivity contribution < 1.29 is 13.9 Å². The summed E-state index contributed by atoms with van der Waals surface area (Å²) >= 11 is 14.5. The number of nitrogens with one attached hydrogen (secondary N) is 1. The van der Waals surface area contributed by atoms with Crippen LogP contribution in [0.5, 0.6) is 5.75 Å². The Balaban J connectivity index is 1.37. The standard InChI is InChI=1S/C17H16Cl2N4O3S2/c1-10-8-20-16(28-10)21-14(24)9-27-17-23-22-15(26-17)3-2-6-25-13-5-4-11(18)7-12(13)19/h4-5,7-8H,2-3,6,9H2,1H3,(H,20,21,24). The van der Waals surface area contributed by atoms with Crippen LogP contribution in [0.15, 0.2) is 34.0 Å². The number of nitrogens with zero attached hydrogens (tertiary/aromatic N) is 3. The van der Waals surface area contributed by atoms with E-state index in [1.807, 2.05) is 6.92 Å². The lowest BCUT2D eigenvalue weighted by Gasteiger charge is -2.07. The smallest absolute Gasteiger partial charge is 0.277 e. The Morgan fingerprint density at radius 1 is 1.36 bits per heavy atom. The van der Waals surface area contributed by atoms with Gasteiger partial charge in [0.05, 0.1) is 17.4 Å². The van der Waals surface area contributed by atoms with Gasteiger partial charge < -0.3 is 14.5 Å². The molecule has 0 unspecified atom stereocenters. The molecule has 28 heavy (non-hydrogen) atoms. The summed E-state index contributed by atoms with van der Waals surface area (Å²) in [7, 11) is 0. The highest BCUT2D eigenvalue weighted by molar-refractivity contribution is 7.99. The highest BCUT2D eigenvalue weighted by atomic mass is 35.5. The van der Waals surface area contributed by atoms with Crippen LogP contribution < -0.4 is 10.1 Å². The molecule has 0 radical (unpaired) electrons. The van der Waals surface area contributed by atoms with E-state index in [1.54, 1.807) is 24.4 Å². The molecule has 0 fully saturated rings. The predicted molar refractivity (Wildman–Crippen MR) is 111 cm³/mol. The van der Waals surface area contributed by atoms with Gasteiger partial charge in [-0.3, -0.25) is 4.79 Å². The number of anilines is 1. The maximum absolute atomic E-state index is 11.9. The number of benzene rings is 1. The van der Waals surface area contributed by atoms with Gasteiger partial charge in [-0.1, -0.05) is 35.0 Å². The molecule has 0 atom stereocenters. The molecule has 1 amide bonds. The van der Waals surface area contributed by atoms with Crippen molar-refractivity contribution in [2.75, 3.05) is 17.7 Å². The van der Waals surface area contributed by atoms with Gasteiger partial charge in [-0.15, -0.1) is 21.5 Å². The summed E-state index contributed by atoms with van der Waals surface area (Å²) in [6.45, 7) is 2.37. The zero-order chi connectivity index (χ0) is 19.9. The lowest BCUT2D eigenvalue weighted by molar-refractivity contribution is -0.113. The van der Waals surface area contributed by atoms with Gasteiger partial charge in [-0.05, 0) is 31.5 Å². The van der Waals surface area contributed by atoms with E-state index in [1.165, 1.54) is 23.1 Å². The van der Waals surface area contributed by atoms with Crippen LogP contribution in [-0.2, 0) is 11.2 Å². The molecule has 2 aromatic heterocycles. The maximum atomic E-state index is 11.9. The van der Waals surface area contributed by atoms with Gasteiger partial charge >= 0.3 is 0 Å². The number of amides is 1. The Hall–Kier alpha value is -1.81. The molecule has 0 saturated heterocycles. The van der Waals surface area contributed by atoms with Crippen LogP contribution in [0.25, 0.3) is 0 Å². The van der Waals surface area contributed by atoms with E-state index in [4.69, 9.17) is 32.4 Å². The number of thioether (sulfide) groups is 1. The Kier molecular flexibility index (Phi) is 7.55. The van der Waals surface area contributed by atoms with Gasteiger partial charge in [0.15, 0.2) is 5.13 Å². The number of aryl methyl sites for hydroxylation is 2. The SMILES string of the molecule is Cc1cnc(NC(=O)CSc2nnc(CCCOc3ccc(Cl)cc3Cl)o2)s1. The normalized spacial score (nSPS) is 10.8. The van der Waals surface area contributed by atoms with Crippen LogP contribution in [0.1, 0.15) is 17.2 Å². The minimum absolute atomic E-state index is 0.165. The fraction of sp³-hybridized carbons (Fsp3) is 0.294. The first kappa shape index (κ1) is 20.9. The van der Waals surface area contributed by atoms with Crippen LogP contribution in [0, 0.1) is 6.92 Å². The number of thiazole rings is 1. The van der Waals surface area contributed by atoms with Gasteiger partial charge in [0.2, 0.25) is 11.8 Å². The van der Waals surface area contributed by atoms with Crippen LogP contribution in [0.2, 0.25) is 10.0 Å². The minimum Gasteiger partial charge on any atom is -0.492 e. The second kappa shape index (κ2) is 10.1. The third kappa shape index (κ3) is 6.37. The molecule has 3 aromatic rings. The fourth-order valence-electron chi connectivity index (χ4n) is 2.09. The number of ether oxygens (including phenoxy) is 1. The van der Waals surface area contributed by atoms with E-state index in [2.05, 4.69) is 20.5 Å². The van der Waals surface area contributed by atoms with Gasteiger partial charge in [-0.25, -0.2) is 4.98 Å². The molecule has 0 aliphatic rings. The number of hydrogen-bond donors (Lipinski definition) is 1. The Morgan fingerprint density at radius 3 is 2.96 bits per heavy atom. The van der Waals surface area contributed by atoms with Crippen molar-refractivity contribution in [2.24, 2.45) is 0 Å². The number of halogens is 2. The predicted octanol–water partition coefficient (Wildman–Crippen LogP) is 4.88. The summed E-state index contributed by atoms with van der Waals surface area (Å²) in [5.41, 5.74) is 0. The van der Waals surface area contributed by atoms with E-state index in [9.17, 15) is 4.79 Å². The van der Waals surface area contributed by atoms with E-state index >= 15 is 0 Å². The lowest BCUT2D eigenvalue weighted by atomic mass is 10.3. The zero-order valence-electron chi connectivity index (χ0n) is 14.8. The van der Waals surface area contributed by atoms with E-state index in [-0.39, 0.29) is 11.7 Å². The highest BCUT2D eigenvalue weighted by Gasteiger charge is 2.11. The maximum Gasteiger partial charge on any atom is 0.277 e. The van der Waals surface area contributed by atoms with Crippen molar-refractivity contribution in [1.29, 1.82) is 0 Å². The molecule has 148 valence electrons. The summed E-state index contributed by atoms with van der Waals surface area (Å²) in [4.78, 5) is 17.0. The molecule has 3 rings (SSSR count). The number of carbonyl (C=O) groups is 1.